The minimum atomic E-state index is -3.91. The summed E-state index contributed by atoms with van der Waals surface area (Å²) in [5.41, 5.74) is 0.385. The second kappa shape index (κ2) is 6.72. The number of hydrogen-bond donors (Lipinski definition) is 2. The zero-order valence-electron chi connectivity index (χ0n) is 12.8. The number of hydrogen-bond acceptors (Lipinski definition) is 5. The number of nitrogens with zero attached hydrogens (tertiary/aromatic N) is 1. The summed E-state index contributed by atoms with van der Waals surface area (Å²) >= 11 is 0. The molecule has 1 aromatic carbocycles. The normalized spacial score (nSPS) is 19.1. The Kier molecular flexibility index (Phi) is 5.15. The summed E-state index contributed by atoms with van der Waals surface area (Å²) in [7, 11) is -3.91. The highest BCUT2D eigenvalue weighted by Crippen LogP contribution is 2.30. The Balaban J connectivity index is 2.29. The predicted octanol–water partition coefficient (Wildman–Crippen LogP) is 1.49. The van der Waals surface area contributed by atoms with Crippen molar-refractivity contribution in [1.82, 2.24) is 10.0 Å². The summed E-state index contributed by atoms with van der Waals surface area (Å²) in [6, 6.07) is 3.16. The van der Waals surface area contributed by atoms with Gasteiger partial charge in [-0.05, 0) is 51.3 Å². The molecule has 0 aliphatic carbocycles. The van der Waals surface area contributed by atoms with Gasteiger partial charge in [0, 0.05) is 12.1 Å². The molecule has 8 heteroatoms. The van der Waals surface area contributed by atoms with Gasteiger partial charge in [0.2, 0.25) is 10.0 Å². The van der Waals surface area contributed by atoms with E-state index in [1.807, 2.05) is 0 Å². The monoisotopic (exact) mass is 327 g/mol. The van der Waals surface area contributed by atoms with E-state index in [1.165, 1.54) is 0 Å². The van der Waals surface area contributed by atoms with Gasteiger partial charge in [0.05, 0.1) is 4.92 Å². The third-order valence-electron chi connectivity index (χ3n) is 3.94. The van der Waals surface area contributed by atoms with E-state index < -0.39 is 14.9 Å². The van der Waals surface area contributed by atoms with E-state index in [0.29, 0.717) is 17.7 Å². The second-order valence-electron chi connectivity index (χ2n) is 5.70. The molecular weight excluding hydrogens is 306 g/mol. The van der Waals surface area contributed by atoms with Crippen LogP contribution >= 0.6 is 0 Å². The van der Waals surface area contributed by atoms with Gasteiger partial charge in [-0.25, -0.2) is 13.1 Å². The molecule has 2 rings (SSSR count). The molecule has 122 valence electrons. The lowest BCUT2D eigenvalue weighted by atomic mass is 10.0. The molecule has 1 unspecified atom stereocenters. The van der Waals surface area contributed by atoms with Crippen molar-refractivity contribution in [2.45, 2.75) is 31.6 Å². The number of benzene rings is 1. The van der Waals surface area contributed by atoms with Crippen LogP contribution in [0, 0.1) is 29.9 Å². The van der Waals surface area contributed by atoms with Crippen molar-refractivity contribution >= 4 is 15.7 Å². The van der Waals surface area contributed by atoms with Crippen molar-refractivity contribution < 1.29 is 13.3 Å². The second-order valence-corrected chi connectivity index (χ2v) is 7.40. The maximum atomic E-state index is 12.5. The third-order valence-corrected chi connectivity index (χ3v) is 5.54. The lowest BCUT2D eigenvalue weighted by Gasteiger charge is -2.23. The van der Waals surface area contributed by atoms with Crippen LogP contribution in [-0.2, 0) is 10.0 Å². The van der Waals surface area contributed by atoms with Gasteiger partial charge in [0.1, 0.15) is 0 Å². The summed E-state index contributed by atoms with van der Waals surface area (Å²) in [5, 5.41) is 14.5. The number of sulfonamides is 1. The predicted molar refractivity (Wildman–Crippen MR) is 83.4 cm³/mol. The van der Waals surface area contributed by atoms with E-state index in [2.05, 4.69) is 10.0 Å². The Morgan fingerprint density at radius 3 is 2.64 bits per heavy atom. The topological polar surface area (TPSA) is 101 Å². The number of piperidine rings is 1. The SMILES string of the molecule is Cc1ccc(C)c(S(=O)(=O)NCC2CCCNC2)c1[N+](=O)[O-]. The van der Waals surface area contributed by atoms with Crippen molar-refractivity contribution in [3.05, 3.63) is 33.4 Å². The summed E-state index contributed by atoms with van der Waals surface area (Å²) < 4.78 is 27.6. The summed E-state index contributed by atoms with van der Waals surface area (Å²) in [4.78, 5) is 10.4. The first-order chi connectivity index (χ1) is 10.3. The number of nitro benzene ring substituents is 1. The van der Waals surface area contributed by atoms with Gasteiger partial charge in [-0.15, -0.1) is 0 Å². The van der Waals surface area contributed by atoms with Crippen LogP contribution in [0.4, 0.5) is 5.69 Å². The van der Waals surface area contributed by atoms with Gasteiger partial charge in [-0.2, -0.15) is 0 Å². The lowest BCUT2D eigenvalue weighted by molar-refractivity contribution is -0.388. The fourth-order valence-electron chi connectivity index (χ4n) is 2.73. The molecule has 7 nitrogen and oxygen atoms in total. The molecule has 0 aromatic heterocycles. The van der Waals surface area contributed by atoms with Crippen molar-refractivity contribution in [3.63, 3.8) is 0 Å². The molecule has 22 heavy (non-hydrogen) atoms. The minimum absolute atomic E-state index is 0.215. The molecule has 1 fully saturated rings. The summed E-state index contributed by atoms with van der Waals surface area (Å²) in [6.45, 7) is 5.12. The molecule has 0 amide bonds. The fourth-order valence-corrected chi connectivity index (χ4v) is 4.32. The molecule has 1 aliphatic rings. The smallest absolute Gasteiger partial charge is 0.292 e. The highest BCUT2D eigenvalue weighted by atomic mass is 32.2. The quantitative estimate of drug-likeness (QED) is 0.630. The van der Waals surface area contributed by atoms with Gasteiger partial charge < -0.3 is 5.32 Å². The average Bonchev–Trinajstić information content (AvgIpc) is 2.48. The van der Waals surface area contributed by atoms with Gasteiger partial charge in [0.15, 0.2) is 4.90 Å². The summed E-state index contributed by atoms with van der Waals surface area (Å²) in [6.07, 6.45) is 1.96. The lowest BCUT2D eigenvalue weighted by Crippen LogP contribution is -2.38. The van der Waals surface area contributed by atoms with E-state index in [4.69, 9.17) is 0 Å². The number of nitro groups is 1. The molecular formula is C14H21N3O4S. The maximum absolute atomic E-state index is 12.5. The Morgan fingerprint density at radius 2 is 2.05 bits per heavy atom. The molecule has 1 aliphatic heterocycles. The third kappa shape index (κ3) is 3.63. The highest BCUT2D eigenvalue weighted by Gasteiger charge is 2.30. The van der Waals surface area contributed by atoms with Crippen molar-refractivity contribution in [3.8, 4) is 0 Å². The van der Waals surface area contributed by atoms with Gasteiger partial charge >= 0.3 is 0 Å². The van der Waals surface area contributed by atoms with Crippen LogP contribution in [0.2, 0.25) is 0 Å². The highest BCUT2D eigenvalue weighted by molar-refractivity contribution is 7.89. The van der Waals surface area contributed by atoms with E-state index >= 15 is 0 Å². The number of aryl methyl sites for hydroxylation is 2. The molecule has 1 heterocycles. The molecule has 0 spiro atoms. The van der Waals surface area contributed by atoms with Crippen molar-refractivity contribution in [2.75, 3.05) is 19.6 Å². The van der Waals surface area contributed by atoms with E-state index in [9.17, 15) is 18.5 Å². The molecule has 0 radical (unpaired) electrons. The van der Waals surface area contributed by atoms with Crippen LogP contribution in [0.15, 0.2) is 17.0 Å². The average molecular weight is 327 g/mol. The van der Waals surface area contributed by atoms with Crippen molar-refractivity contribution in [1.29, 1.82) is 0 Å². The molecule has 1 atom stereocenters. The Morgan fingerprint density at radius 1 is 1.36 bits per heavy atom. The number of rotatable bonds is 5. The first-order valence-corrected chi connectivity index (χ1v) is 8.76. The molecule has 0 saturated carbocycles. The zero-order chi connectivity index (χ0) is 16.3. The van der Waals surface area contributed by atoms with Gasteiger partial charge in [0.25, 0.3) is 5.69 Å². The molecule has 0 bridgehead atoms. The van der Waals surface area contributed by atoms with Gasteiger partial charge in [-0.3, -0.25) is 10.1 Å². The van der Waals surface area contributed by atoms with Crippen LogP contribution in [-0.4, -0.2) is 33.0 Å². The van der Waals surface area contributed by atoms with E-state index in [1.54, 1.807) is 26.0 Å². The fraction of sp³-hybridized carbons (Fsp3) is 0.571. The van der Waals surface area contributed by atoms with E-state index in [-0.39, 0.29) is 16.5 Å². The van der Waals surface area contributed by atoms with Crippen LogP contribution in [0.25, 0.3) is 0 Å². The Hall–Kier alpha value is -1.51. The zero-order valence-corrected chi connectivity index (χ0v) is 13.6. The Bertz CT molecular complexity index is 667. The standard InChI is InChI=1S/C14H21N3O4S/c1-10-5-6-11(2)14(13(10)17(18)19)22(20,21)16-9-12-4-3-7-15-8-12/h5-6,12,15-16H,3-4,7-9H2,1-2H3. The molecule has 1 saturated heterocycles. The summed E-state index contributed by atoms with van der Waals surface area (Å²) in [5.74, 6) is 0.215. The first kappa shape index (κ1) is 16.9. The van der Waals surface area contributed by atoms with Crippen LogP contribution in [0.5, 0.6) is 0 Å². The first-order valence-electron chi connectivity index (χ1n) is 7.28. The molecule has 2 N–H and O–H groups in total. The largest absolute Gasteiger partial charge is 0.316 e. The van der Waals surface area contributed by atoms with Crippen LogP contribution < -0.4 is 10.0 Å². The van der Waals surface area contributed by atoms with E-state index in [0.717, 1.165) is 25.9 Å². The maximum Gasteiger partial charge on any atom is 0.292 e. The van der Waals surface area contributed by atoms with Crippen LogP contribution in [0.1, 0.15) is 24.0 Å². The molecule has 1 aromatic rings. The Labute approximate surface area is 130 Å². The minimum Gasteiger partial charge on any atom is -0.316 e. The van der Waals surface area contributed by atoms with Gasteiger partial charge in [-0.1, -0.05) is 12.1 Å². The number of nitrogens with one attached hydrogen (secondary N) is 2. The van der Waals surface area contributed by atoms with Crippen LogP contribution in [0.3, 0.4) is 0 Å². The van der Waals surface area contributed by atoms with Crippen molar-refractivity contribution in [2.24, 2.45) is 5.92 Å².